The highest BCUT2D eigenvalue weighted by atomic mass is 16.5. The summed E-state index contributed by atoms with van der Waals surface area (Å²) in [6, 6.07) is 1.68. The zero-order chi connectivity index (χ0) is 14.6. The minimum absolute atomic E-state index is 0.204. The first-order valence-electron chi connectivity index (χ1n) is 6.26. The Kier molecular flexibility index (Phi) is 7.99. The maximum atomic E-state index is 11.9. The van der Waals surface area contributed by atoms with E-state index in [1.165, 1.54) is 6.20 Å². The van der Waals surface area contributed by atoms with E-state index in [2.05, 4.69) is 22.1 Å². The summed E-state index contributed by atoms with van der Waals surface area (Å²) >= 11 is 0. The fourth-order valence-corrected chi connectivity index (χ4v) is 1.37. The summed E-state index contributed by atoms with van der Waals surface area (Å²) < 4.78 is 10.1. The summed E-state index contributed by atoms with van der Waals surface area (Å²) in [7, 11) is 1.61. The van der Waals surface area contributed by atoms with Crippen LogP contribution in [0.2, 0.25) is 0 Å². The van der Waals surface area contributed by atoms with Crippen molar-refractivity contribution in [3.05, 3.63) is 29.6 Å². The highest BCUT2D eigenvalue weighted by Gasteiger charge is 2.05. The number of nitrogens with two attached hydrogens (primary N) is 1. The molecular formula is C14H19N3O3. The average molecular weight is 277 g/mol. The van der Waals surface area contributed by atoms with E-state index in [0.717, 1.165) is 0 Å². The molecule has 6 heteroatoms. The van der Waals surface area contributed by atoms with E-state index in [4.69, 9.17) is 15.2 Å². The summed E-state index contributed by atoms with van der Waals surface area (Å²) in [5.41, 5.74) is 6.42. The van der Waals surface area contributed by atoms with E-state index in [9.17, 15) is 4.79 Å². The lowest BCUT2D eigenvalue weighted by molar-refractivity contribution is 0.0692. The third-order valence-corrected chi connectivity index (χ3v) is 2.30. The van der Waals surface area contributed by atoms with Gasteiger partial charge in [0.1, 0.15) is 0 Å². The molecule has 0 radical (unpaired) electrons. The third-order valence-electron chi connectivity index (χ3n) is 2.30. The number of nitrogens with one attached hydrogen (secondary N) is 1. The highest BCUT2D eigenvalue weighted by molar-refractivity contribution is 5.94. The number of carbonyl (C=O) groups excluding carboxylic acids is 1. The molecule has 0 aliphatic heterocycles. The maximum Gasteiger partial charge on any atom is 0.252 e. The Bertz CT molecular complexity index is 480. The maximum absolute atomic E-state index is 11.9. The molecule has 1 rings (SSSR count). The van der Waals surface area contributed by atoms with Crippen LogP contribution in [0.3, 0.4) is 0 Å². The number of rotatable bonds is 7. The highest BCUT2D eigenvalue weighted by Crippen LogP contribution is 2.01. The van der Waals surface area contributed by atoms with E-state index < -0.39 is 0 Å². The van der Waals surface area contributed by atoms with Gasteiger partial charge in [0.25, 0.3) is 5.91 Å². The van der Waals surface area contributed by atoms with Gasteiger partial charge in [-0.2, -0.15) is 0 Å². The first-order valence-corrected chi connectivity index (χ1v) is 6.26. The Hall–Kier alpha value is -1.94. The number of pyridine rings is 1. The molecule has 0 saturated heterocycles. The van der Waals surface area contributed by atoms with Crippen LogP contribution in [0.25, 0.3) is 0 Å². The van der Waals surface area contributed by atoms with Crippen molar-refractivity contribution in [2.24, 2.45) is 5.73 Å². The second-order valence-electron chi connectivity index (χ2n) is 3.83. The van der Waals surface area contributed by atoms with Crippen LogP contribution in [0.5, 0.6) is 0 Å². The second kappa shape index (κ2) is 9.92. The van der Waals surface area contributed by atoms with E-state index in [0.29, 0.717) is 37.5 Å². The van der Waals surface area contributed by atoms with Crippen molar-refractivity contribution >= 4 is 5.91 Å². The molecule has 0 fully saturated rings. The van der Waals surface area contributed by atoms with Crippen molar-refractivity contribution in [3.63, 3.8) is 0 Å². The van der Waals surface area contributed by atoms with Gasteiger partial charge in [-0.3, -0.25) is 9.78 Å². The summed E-state index contributed by atoms with van der Waals surface area (Å²) in [4.78, 5) is 15.8. The third kappa shape index (κ3) is 6.29. The van der Waals surface area contributed by atoms with Crippen LogP contribution < -0.4 is 11.1 Å². The quantitative estimate of drug-likeness (QED) is 0.532. The molecule has 0 aliphatic rings. The largest absolute Gasteiger partial charge is 0.382 e. The first kappa shape index (κ1) is 16.1. The predicted molar refractivity (Wildman–Crippen MR) is 75.2 cm³/mol. The zero-order valence-electron chi connectivity index (χ0n) is 11.5. The molecule has 20 heavy (non-hydrogen) atoms. The molecule has 0 bridgehead atoms. The van der Waals surface area contributed by atoms with Crippen LogP contribution in [0.4, 0.5) is 0 Å². The molecule has 0 unspecified atom stereocenters. The average Bonchev–Trinajstić information content (AvgIpc) is 2.48. The van der Waals surface area contributed by atoms with Crippen LogP contribution in [0.15, 0.2) is 18.5 Å². The monoisotopic (exact) mass is 277 g/mol. The Balaban J connectivity index is 2.39. The smallest absolute Gasteiger partial charge is 0.252 e. The van der Waals surface area contributed by atoms with Crippen LogP contribution in [-0.2, 0) is 9.47 Å². The number of aromatic nitrogens is 1. The number of amides is 1. The molecule has 1 heterocycles. The van der Waals surface area contributed by atoms with Gasteiger partial charge in [0, 0.05) is 31.6 Å². The summed E-state index contributed by atoms with van der Waals surface area (Å²) in [5.74, 6) is 5.35. The van der Waals surface area contributed by atoms with Gasteiger partial charge in [0.15, 0.2) is 0 Å². The van der Waals surface area contributed by atoms with Crippen molar-refractivity contribution in [1.29, 1.82) is 0 Å². The van der Waals surface area contributed by atoms with Gasteiger partial charge in [0.05, 0.1) is 31.9 Å². The van der Waals surface area contributed by atoms with E-state index in [-0.39, 0.29) is 12.5 Å². The normalized spacial score (nSPS) is 9.70. The summed E-state index contributed by atoms with van der Waals surface area (Å²) in [6.07, 6.45) is 3.09. The number of methoxy groups -OCH3 is 1. The lowest BCUT2D eigenvalue weighted by Crippen LogP contribution is -2.27. The zero-order valence-corrected chi connectivity index (χ0v) is 11.5. The van der Waals surface area contributed by atoms with E-state index >= 15 is 0 Å². The summed E-state index contributed by atoms with van der Waals surface area (Å²) in [5, 5.41) is 2.74. The Morgan fingerprint density at radius 1 is 1.40 bits per heavy atom. The van der Waals surface area contributed by atoms with E-state index in [1.54, 1.807) is 19.4 Å². The molecule has 0 spiro atoms. The van der Waals surface area contributed by atoms with Crippen LogP contribution in [-0.4, -0.2) is 50.9 Å². The van der Waals surface area contributed by atoms with Gasteiger partial charge in [-0.15, -0.1) is 0 Å². The van der Waals surface area contributed by atoms with Gasteiger partial charge in [0.2, 0.25) is 0 Å². The SMILES string of the molecule is COCCOCCNC(=O)c1cncc(C#CCN)c1. The fraction of sp³-hybridized carbons (Fsp3) is 0.429. The molecule has 108 valence electrons. The van der Waals surface area contributed by atoms with Crippen molar-refractivity contribution in [3.8, 4) is 11.8 Å². The molecule has 0 saturated carbocycles. The minimum atomic E-state index is -0.204. The van der Waals surface area contributed by atoms with Crippen LogP contribution in [0.1, 0.15) is 15.9 Å². The predicted octanol–water partition coefficient (Wildman–Crippen LogP) is -0.215. The molecule has 6 nitrogen and oxygen atoms in total. The summed E-state index contributed by atoms with van der Waals surface area (Å²) in [6.45, 7) is 2.20. The Morgan fingerprint density at radius 2 is 2.25 bits per heavy atom. The van der Waals surface area contributed by atoms with Crippen molar-refractivity contribution < 1.29 is 14.3 Å². The van der Waals surface area contributed by atoms with Gasteiger partial charge in [-0.25, -0.2) is 0 Å². The van der Waals surface area contributed by atoms with Crippen molar-refractivity contribution in [2.75, 3.05) is 40.0 Å². The van der Waals surface area contributed by atoms with E-state index in [1.807, 2.05) is 0 Å². The Labute approximate surface area is 118 Å². The minimum Gasteiger partial charge on any atom is -0.382 e. The molecule has 1 amide bonds. The molecule has 0 atom stereocenters. The molecule has 1 aromatic rings. The molecule has 1 aromatic heterocycles. The van der Waals surface area contributed by atoms with Crippen LogP contribution >= 0.6 is 0 Å². The fourth-order valence-electron chi connectivity index (χ4n) is 1.37. The molecule has 0 aromatic carbocycles. The molecular weight excluding hydrogens is 258 g/mol. The number of carbonyl (C=O) groups is 1. The number of nitrogens with zero attached hydrogens (tertiary/aromatic N) is 1. The topological polar surface area (TPSA) is 86.5 Å². The van der Waals surface area contributed by atoms with Gasteiger partial charge < -0.3 is 20.5 Å². The van der Waals surface area contributed by atoms with Crippen molar-refractivity contribution in [2.45, 2.75) is 0 Å². The lowest BCUT2D eigenvalue weighted by atomic mass is 10.2. The number of hydrogen-bond donors (Lipinski definition) is 2. The standard InChI is InChI=1S/C14H19N3O3/c1-19-7-8-20-6-5-17-14(18)13-9-12(3-2-4-15)10-16-11-13/h9-11H,4-8,15H2,1H3,(H,17,18). The Morgan fingerprint density at radius 3 is 3.00 bits per heavy atom. The number of ether oxygens (including phenoxy) is 2. The van der Waals surface area contributed by atoms with Crippen LogP contribution in [0, 0.1) is 11.8 Å². The molecule has 3 N–H and O–H groups in total. The van der Waals surface area contributed by atoms with Crippen molar-refractivity contribution in [1.82, 2.24) is 10.3 Å². The van der Waals surface area contributed by atoms with Gasteiger partial charge >= 0.3 is 0 Å². The molecule has 0 aliphatic carbocycles. The van der Waals surface area contributed by atoms with Gasteiger partial charge in [-0.1, -0.05) is 11.8 Å². The second-order valence-corrected chi connectivity index (χ2v) is 3.83. The first-order chi connectivity index (χ1) is 9.77. The number of hydrogen-bond acceptors (Lipinski definition) is 5. The lowest BCUT2D eigenvalue weighted by Gasteiger charge is -2.06. The van der Waals surface area contributed by atoms with Gasteiger partial charge in [-0.05, 0) is 6.07 Å².